The number of carbonyl (C=O) groups excluding carboxylic acids is 1. The quantitative estimate of drug-likeness (QED) is 0.776. The minimum Gasteiger partial charge on any atom is -0.409 e. The van der Waals surface area contributed by atoms with Gasteiger partial charge < -0.3 is 4.74 Å². The molecule has 0 aromatic heterocycles. The summed E-state index contributed by atoms with van der Waals surface area (Å²) < 4.78 is 5.37. The van der Waals surface area contributed by atoms with E-state index in [0.717, 1.165) is 16.8 Å². The lowest BCUT2D eigenvalue weighted by molar-refractivity contribution is 0.199. The van der Waals surface area contributed by atoms with Crippen LogP contribution in [-0.4, -0.2) is 13.1 Å². The maximum absolute atomic E-state index is 11.9. The average Bonchev–Trinajstić information content (AvgIpc) is 2.45. The molecular weight excluding hydrogens is 274 g/mol. The number of hydrogen-bond acceptors (Lipinski definition) is 2. The molecule has 4 heteroatoms. The molecule has 3 rings (SSSR count). The highest BCUT2D eigenvalue weighted by Gasteiger charge is 2.25. The summed E-state index contributed by atoms with van der Waals surface area (Å²) in [6, 6.07) is 15.0. The molecule has 0 aliphatic carbocycles. The van der Waals surface area contributed by atoms with Crippen molar-refractivity contribution in [3.8, 4) is 0 Å². The number of carbonyl (C=O) groups is 1. The van der Waals surface area contributed by atoms with E-state index in [4.69, 9.17) is 16.3 Å². The molecular formula is C16H12ClNO2. The summed E-state index contributed by atoms with van der Waals surface area (Å²) in [6.07, 6.45) is 1.42. The Morgan fingerprint density at radius 2 is 1.95 bits per heavy atom. The third-order valence-electron chi connectivity index (χ3n) is 3.15. The first-order valence-corrected chi connectivity index (χ1v) is 6.55. The van der Waals surface area contributed by atoms with Crippen LogP contribution in [0.5, 0.6) is 0 Å². The van der Waals surface area contributed by atoms with Gasteiger partial charge in [-0.15, -0.1) is 0 Å². The second-order valence-electron chi connectivity index (χ2n) is 4.51. The molecule has 2 aromatic rings. The van der Waals surface area contributed by atoms with Crippen molar-refractivity contribution in [3.63, 3.8) is 0 Å². The summed E-state index contributed by atoms with van der Waals surface area (Å²) in [5, 5.41) is 0.645. The smallest absolute Gasteiger partial charge is 0.409 e. The largest absolute Gasteiger partial charge is 0.419 e. The fourth-order valence-corrected chi connectivity index (χ4v) is 2.34. The van der Waals surface area contributed by atoms with Crippen molar-refractivity contribution in [2.75, 3.05) is 11.9 Å². The van der Waals surface area contributed by atoms with Crippen LogP contribution in [0, 0.1) is 0 Å². The van der Waals surface area contributed by atoms with E-state index in [1.54, 1.807) is 13.1 Å². The van der Waals surface area contributed by atoms with Gasteiger partial charge in [0, 0.05) is 17.6 Å². The van der Waals surface area contributed by atoms with Crippen LogP contribution < -0.4 is 4.90 Å². The molecule has 0 fully saturated rings. The zero-order valence-corrected chi connectivity index (χ0v) is 11.6. The predicted octanol–water partition coefficient (Wildman–Crippen LogP) is 4.42. The molecule has 0 unspecified atom stereocenters. The minimum absolute atomic E-state index is 0.392. The number of halogens is 1. The zero-order valence-electron chi connectivity index (χ0n) is 10.8. The number of anilines is 1. The molecule has 0 spiro atoms. The highest BCUT2D eigenvalue weighted by molar-refractivity contribution is 6.30. The molecule has 1 aliphatic rings. The third-order valence-corrected chi connectivity index (χ3v) is 3.38. The fourth-order valence-electron chi connectivity index (χ4n) is 2.15. The number of para-hydroxylation sites is 1. The maximum Gasteiger partial charge on any atom is 0.419 e. The lowest BCUT2D eigenvalue weighted by Crippen LogP contribution is -2.31. The van der Waals surface area contributed by atoms with Gasteiger partial charge in [0.2, 0.25) is 0 Å². The van der Waals surface area contributed by atoms with Crippen molar-refractivity contribution in [1.29, 1.82) is 0 Å². The van der Waals surface area contributed by atoms with Crippen LogP contribution >= 0.6 is 11.6 Å². The van der Waals surface area contributed by atoms with E-state index in [2.05, 4.69) is 0 Å². The molecule has 2 aromatic carbocycles. The van der Waals surface area contributed by atoms with Crippen molar-refractivity contribution in [3.05, 3.63) is 64.7 Å². The summed E-state index contributed by atoms with van der Waals surface area (Å²) in [5.41, 5.74) is 2.60. The molecule has 0 bridgehead atoms. The van der Waals surface area contributed by atoms with Gasteiger partial charge in [-0.1, -0.05) is 35.9 Å². The summed E-state index contributed by atoms with van der Waals surface area (Å²) in [6.45, 7) is 0. The first-order chi connectivity index (χ1) is 9.65. The lowest BCUT2D eigenvalue weighted by atomic mass is 10.1. The Hall–Kier alpha value is -2.26. The Morgan fingerprint density at radius 1 is 1.15 bits per heavy atom. The monoisotopic (exact) mass is 285 g/mol. The highest BCUT2D eigenvalue weighted by atomic mass is 35.5. The van der Waals surface area contributed by atoms with Gasteiger partial charge in [-0.3, -0.25) is 4.90 Å². The Kier molecular flexibility index (Phi) is 3.20. The number of fused-ring (bicyclic) bond motifs is 1. The van der Waals surface area contributed by atoms with Crippen molar-refractivity contribution in [2.45, 2.75) is 0 Å². The number of hydrogen-bond donors (Lipinski definition) is 0. The van der Waals surface area contributed by atoms with Crippen LogP contribution in [0.1, 0.15) is 11.1 Å². The molecule has 20 heavy (non-hydrogen) atoms. The lowest BCUT2D eigenvalue weighted by Gasteiger charge is -2.26. The molecule has 0 radical (unpaired) electrons. The van der Waals surface area contributed by atoms with Gasteiger partial charge in [0.25, 0.3) is 0 Å². The summed E-state index contributed by atoms with van der Waals surface area (Å²) in [5.74, 6) is 0.533. The van der Waals surface area contributed by atoms with Crippen LogP contribution in [0.15, 0.2) is 48.5 Å². The molecule has 3 nitrogen and oxygen atoms in total. The van der Waals surface area contributed by atoms with Gasteiger partial charge in [-0.05, 0) is 35.9 Å². The standard InChI is InChI=1S/C16H12ClNO2/c1-18-14-8-3-2-7-13(14)15(20-16(18)19)10-11-5-4-6-12(17)9-11/h2-10H,1H3/b15-10-. The number of benzene rings is 2. The Balaban J connectivity index is 2.11. The Labute approximate surface area is 122 Å². The van der Waals surface area contributed by atoms with Crippen LogP contribution in [0.4, 0.5) is 10.5 Å². The topological polar surface area (TPSA) is 29.5 Å². The minimum atomic E-state index is -0.392. The van der Waals surface area contributed by atoms with E-state index < -0.39 is 6.09 Å². The second kappa shape index (κ2) is 5.02. The van der Waals surface area contributed by atoms with Crippen molar-refractivity contribution in [2.24, 2.45) is 0 Å². The Morgan fingerprint density at radius 3 is 2.75 bits per heavy atom. The number of nitrogens with zero attached hydrogens (tertiary/aromatic N) is 1. The van der Waals surface area contributed by atoms with Gasteiger partial charge in [-0.25, -0.2) is 4.79 Å². The van der Waals surface area contributed by atoms with E-state index in [1.807, 2.05) is 48.5 Å². The van der Waals surface area contributed by atoms with Crippen molar-refractivity contribution in [1.82, 2.24) is 0 Å². The van der Waals surface area contributed by atoms with E-state index in [-0.39, 0.29) is 0 Å². The summed E-state index contributed by atoms with van der Waals surface area (Å²) >= 11 is 5.97. The van der Waals surface area contributed by atoms with E-state index in [0.29, 0.717) is 10.8 Å². The van der Waals surface area contributed by atoms with Gasteiger partial charge >= 0.3 is 6.09 Å². The third kappa shape index (κ3) is 2.28. The van der Waals surface area contributed by atoms with Crippen LogP contribution in [0.2, 0.25) is 5.02 Å². The van der Waals surface area contributed by atoms with Crippen molar-refractivity contribution >= 4 is 35.2 Å². The molecule has 0 saturated heterocycles. The van der Waals surface area contributed by atoms with Crippen LogP contribution in [0.25, 0.3) is 11.8 Å². The molecule has 1 amide bonds. The molecule has 0 atom stereocenters. The average molecular weight is 286 g/mol. The number of amides is 1. The molecule has 1 heterocycles. The Bertz CT molecular complexity index is 709. The van der Waals surface area contributed by atoms with Gasteiger partial charge in [0.1, 0.15) is 5.76 Å². The van der Waals surface area contributed by atoms with Gasteiger partial charge in [-0.2, -0.15) is 0 Å². The molecule has 100 valence electrons. The zero-order chi connectivity index (χ0) is 14.1. The van der Waals surface area contributed by atoms with E-state index in [1.165, 1.54) is 4.90 Å². The number of rotatable bonds is 1. The fraction of sp³-hybridized carbons (Fsp3) is 0.0625. The van der Waals surface area contributed by atoms with Crippen LogP contribution in [0.3, 0.4) is 0 Å². The molecule has 0 N–H and O–H groups in total. The molecule has 1 aliphatic heterocycles. The van der Waals surface area contributed by atoms with E-state index in [9.17, 15) is 4.79 Å². The first-order valence-electron chi connectivity index (χ1n) is 6.17. The van der Waals surface area contributed by atoms with E-state index >= 15 is 0 Å². The van der Waals surface area contributed by atoms with Crippen LogP contribution in [-0.2, 0) is 4.74 Å². The summed E-state index contributed by atoms with van der Waals surface area (Å²) in [7, 11) is 1.69. The van der Waals surface area contributed by atoms with Gasteiger partial charge in [0.15, 0.2) is 0 Å². The first kappa shape index (κ1) is 12.8. The summed E-state index contributed by atoms with van der Waals surface area (Å²) in [4.78, 5) is 13.4. The number of cyclic esters (lactones) is 1. The highest BCUT2D eigenvalue weighted by Crippen LogP contribution is 2.34. The second-order valence-corrected chi connectivity index (χ2v) is 4.94. The molecule has 0 saturated carbocycles. The predicted molar refractivity (Wildman–Crippen MR) is 80.6 cm³/mol. The normalized spacial score (nSPS) is 16.0. The SMILES string of the molecule is CN1C(=O)O/C(=C\c2cccc(Cl)c2)c2ccccc21. The maximum atomic E-state index is 11.9. The van der Waals surface area contributed by atoms with Crippen molar-refractivity contribution < 1.29 is 9.53 Å². The van der Waals surface area contributed by atoms with Gasteiger partial charge in [0.05, 0.1) is 5.69 Å². The number of ether oxygens (including phenoxy) is 1.